The summed E-state index contributed by atoms with van der Waals surface area (Å²) in [6, 6.07) is 0. The normalized spacial score (nSPS) is 18.2. The van der Waals surface area contributed by atoms with E-state index in [1.54, 1.807) is 0 Å². The molecule has 148 valence electrons. The van der Waals surface area contributed by atoms with E-state index in [4.69, 9.17) is 9.47 Å². The lowest BCUT2D eigenvalue weighted by atomic mass is 10.0. The van der Waals surface area contributed by atoms with Crippen LogP contribution in [0.1, 0.15) is 47.0 Å². The number of guanidine groups is 1. The van der Waals surface area contributed by atoms with Crippen molar-refractivity contribution in [1.29, 1.82) is 0 Å². The Kier molecular flexibility index (Phi) is 11.3. The molecule has 1 heterocycles. The van der Waals surface area contributed by atoms with Gasteiger partial charge in [0, 0.05) is 67.4 Å². The van der Waals surface area contributed by atoms with Gasteiger partial charge in [-0.15, -0.1) is 0 Å². The molecule has 1 rings (SSSR count). The van der Waals surface area contributed by atoms with Gasteiger partial charge in [0.15, 0.2) is 5.96 Å². The molecule has 1 saturated heterocycles. The predicted octanol–water partition coefficient (Wildman–Crippen LogP) is 1.92. The highest BCUT2D eigenvalue weighted by molar-refractivity contribution is 7.86. The van der Waals surface area contributed by atoms with Gasteiger partial charge in [-0.1, -0.05) is 0 Å². The number of nitrogens with zero attached hydrogens (tertiary/aromatic N) is 1. The summed E-state index contributed by atoms with van der Waals surface area (Å²) in [7, 11) is -0.845. The Morgan fingerprint density at radius 2 is 2.00 bits per heavy atom. The lowest BCUT2D eigenvalue weighted by Gasteiger charge is -2.21. The summed E-state index contributed by atoms with van der Waals surface area (Å²) in [4.78, 5) is 4.55. The first-order valence-corrected chi connectivity index (χ1v) is 10.8. The number of rotatable bonds is 10. The zero-order valence-electron chi connectivity index (χ0n) is 16.4. The number of ether oxygens (including phenoxy) is 2. The van der Waals surface area contributed by atoms with Crippen LogP contribution in [0.2, 0.25) is 0 Å². The van der Waals surface area contributed by atoms with E-state index in [2.05, 4.69) is 15.6 Å². The molecule has 1 aliphatic rings. The van der Waals surface area contributed by atoms with E-state index in [0.29, 0.717) is 18.2 Å². The second kappa shape index (κ2) is 12.7. The molecular weight excluding hydrogens is 338 g/mol. The Morgan fingerprint density at radius 1 is 1.28 bits per heavy atom. The second-order valence-electron chi connectivity index (χ2n) is 7.33. The SMILES string of the molecule is CCNC(=NCCCOCC1CCOCC1)NCCS(=O)C(C)(C)C. The Hall–Kier alpha value is -0.660. The van der Waals surface area contributed by atoms with Crippen molar-refractivity contribution in [1.82, 2.24) is 10.6 Å². The van der Waals surface area contributed by atoms with E-state index in [1.807, 2.05) is 27.7 Å². The first-order valence-electron chi connectivity index (χ1n) is 9.49. The van der Waals surface area contributed by atoms with Crippen LogP contribution in [0, 0.1) is 5.92 Å². The highest BCUT2D eigenvalue weighted by atomic mass is 32.2. The summed E-state index contributed by atoms with van der Waals surface area (Å²) < 4.78 is 23.0. The third kappa shape index (κ3) is 10.8. The van der Waals surface area contributed by atoms with Gasteiger partial charge in [-0.25, -0.2) is 0 Å². The number of hydrogen-bond acceptors (Lipinski definition) is 4. The average Bonchev–Trinajstić information content (AvgIpc) is 2.57. The maximum atomic E-state index is 12.1. The molecule has 0 radical (unpaired) electrons. The molecule has 0 aromatic carbocycles. The molecule has 0 saturated carbocycles. The zero-order chi connectivity index (χ0) is 18.5. The largest absolute Gasteiger partial charge is 0.381 e. The first-order chi connectivity index (χ1) is 11.9. The molecule has 0 bridgehead atoms. The average molecular weight is 376 g/mol. The molecule has 2 N–H and O–H groups in total. The third-order valence-corrected chi connectivity index (χ3v) is 5.96. The van der Waals surface area contributed by atoms with Gasteiger partial charge in [-0.2, -0.15) is 0 Å². The highest BCUT2D eigenvalue weighted by Gasteiger charge is 2.18. The maximum absolute atomic E-state index is 12.1. The van der Waals surface area contributed by atoms with Crippen LogP contribution in [0.5, 0.6) is 0 Å². The summed E-state index contributed by atoms with van der Waals surface area (Å²) in [5, 5.41) is 6.48. The van der Waals surface area contributed by atoms with Crippen molar-refractivity contribution in [3.63, 3.8) is 0 Å². The smallest absolute Gasteiger partial charge is 0.191 e. The number of nitrogens with one attached hydrogen (secondary N) is 2. The van der Waals surface area contributed by atoms with E-state index >= 15 is 0 Å². The molecule has 0 spiro atoms. The van der Waals surface area contributed by atoms with E-state index in [-0.39, 0.29) is 4.75 Å². The standard InChI is InChI=1S/C18H37N3O3S/c1-5-19-17(21-10-14-25(22)18(2,3)4)20-9-6-11-24-15-16-7-12-23-13-8-16/h16H,5-15H2,1-4H3,(H2,19,20,21). The molecule has 1 fully saturated rings. The lowest BCUT2D eigenvalue weighted by Crippen LogP contribution is -2.40. The zero-order valence-corrected chi connectivity index (χ0v) is 17.3. The van der Waals surface area contributed by atoms with Gasteiger partial charge in [0.05, 0.1) is 0 Å². The van der Waals surface area contributed by atoms with E-state index < -0.39 is 10.8 Å². The minimum absolute atomic E-state index is 0.168. The van der Waals surface area contributed by atoms with Gasteiger partial charge in [-0.05, 0) is 52.9 Å². The van der Waals surface area contributed by atoms with Crippen LogP contribution in [0.25, 0.3) is 0 Å². The van der Waals surface area contributed by atoms with Crippen LogP contribution >= 0.6 is 0 Å². The second-order valence-corrected chi connectivity index (χ2v) is 9.66. The van der Waals surface area contributed by atoms with Crippen LogP contribution in [-0.4, -0.2) is 66.7 Å². The fourth-order valence-corrected chi connectivity index (χ4v) is 3.33. The highest BCUT2D eigenvalue weighted by Crippen LogP contribution is 2.14. The molecule has 0 aromatic heterocycles. The van der Waals surface area contributed by atoms with Gasteiger partial charge in [0.25, 0.3) is 0 Å². The summed E-state index contributed by atoms with van der Waals surface area (Å²) in [6.07, 6.45) is 3.14. The fraction of sp³-hybridized carbons (Fsp3) is 0.944. The van der Waals surface area contributed by atoms with E-state index in [0.717, 1.165) is 64.7 Å². The van der Waals surface area contributed by atoms with Crippen LogP contribution in [0.15, 0.2) is 4.99 Å². The van der Waals surface area contributed by atoms with Crippen molar-refractivity contribution < 1.29 is 13.7 Å². The van der Waals surface area contributed by atoms with E-state index in [1.165, 1.54) is 0 Å². The molecule has 6 nitrogen and oxygen atoms in total. The van der Waals surface area contributed by atoms with Gasteiger partial charge < -0.3 is 20.1 Å². The summed E-state index contributed by atoms with van der Waals surface area (Å²) in [6.45, 7) is 13.6. The van der Waals surface area contributed by atoms with Crippen molar-refractivity contribution in [3.05, 3.63) is 0 Å². The minimum atomic E-state index is -0.845. The molecule has 0 aliphatic carbocycles. The van der Waals surface area contributed by atoms with Gasteiger partial charge in [-0.3, -0.25) is 9.20 Å². The van der Waals surface area contributed by atoms with Crippen LogP contribution in [0.3, 0.4) is 0 Å². The van der Waals surface area contributed by atoms with Crippen molar-refractivity contribution in [2.45, 2.75) is 51.7 Å². The molecule has 1 unspecified atom stereocenters. The van der Waals surface area contributed by atoms with Crippen molar-refractivity contribution >= 4 is 16.8 Å². The Labute approximate surface area is 156 Å². The van der Waals surface area contributed by atoms with E-state index in [9.17, 15) is 4.21 Å². The lowest BCUT2D eigenvalue weighted by molar-refractivity contribution is 0.0205. The quantitative estimate of drug-likeness (QED) is 0.347. The predicted molar refractivity (Wildman–Crippen MR) is 106 cm³/mol. The number of hydrogen-bond donors (Lipinski definition) is 2. The van der Waals surface area contributed by atoms with Crippen LogP contribution < -0.4 is 10.6 Å². The summed E-state index contributed by atoms with van der Waals surface area (Å²) >= 11 is 0. The molecule has 1 atom stereocenters. The minimum Gasteiger partial charge on any atom is -0.381 e. The van der Waals surface area contributed by atoms with Crippen LogP contribution in [-0.2, 0) is 20.3 Å². The van der Waals surface area contributed by atoms with Gasteiger partial charge in [0.2, 0.25) is 0 Å². The summed E-state index contributed by atoms with van der Waals surface area (Å²) in [5.74, 6) is 2.07. The number of aliphatic imine (C=N–C) groups is 1. The van der Waals surface area contributed by atoms with Gasteiger partial charge in [0.1, 0.15) is 0 Å². The third-order valence-electron chi connectivity index (χ3n) is 4.02. The molecule has 1 aliphatic heterocycles. The van der Waals surface area contributed by atoms with Crippen molar-refractivity contribution in [2.75, 3.05) is 51.8 Å². The molecule has 7 heteroatoms. The summed E-state index contributed by atoms with van der Waals surface area (Å²) in [5.41, 5.74) is 0. The fourth-order valence-electron chi connectivity index (χ4n) is 2.43. The monoisotopic (exact) mass is 375 g/mol. The van der Waals surface area contributed by atoms with Crippen LogP contribution in [0.4, 0.5) is 0 Å². The van der Waals surface area contributed by atoms with Crippen molar-refractivity contribution in [2.24, 2.45) is 10.9 Å². The Morgan fingerprint density at radius 3 is 2.64 bits per heavy atom. The van der Waals surface area contributed by atoms with Gasteiger partial charge >= 0.3 is 0 Å². The topological polar surface area (TPSA) is 72.0 Å². The Bertz CT molecular complexity index is 405. The Balaban J connectivity index is 2.15. The molecular formula is C18H37N3O3S. The molecule has 0 aromatic rings. The molecule has 25 heavy (non-hydrogen) atoms. The maximum Gasteiger partial charge on any atom is 0.191 e. The van der Waals surface area contributed by atoms with Crippen molar-refractivity contribution in [3.8, 4) is 0 Å². The molecule has 0 amide bonds. The first kappa shape index (κ1) is 22.4.